The van der Waals surface area contributed by atoms with Gasteiger partial charge in [0.05, 0.1) is 24.7 Å². The highest BCUT2D eigenvalue weighted by atomic mass is 32.2. The SMILES string of the molecule is COC(=O)CNS(=O)(=O)c1ccc(OC)c(C(N)=O)c1. The van der Waals surface area contributed by atoms with Crippen molar-refractivity contribution < 1.29 is 27.5 Å². The van der Waals surface area contributed by atoms with E-state index in [9.17, 15) is 18.0 Å². The standard InChI is InChI=1S/C11H14N2O6S/c1-18-9-4-3-7(5-8(9)11(12)15)20(16,17)13-6-10(14)19-2/h3-5,13H,6H2,1-2H3,(H2,12,15). The number of methoxy groups -OCH3 is 2. The molecule has 0 saturated heterocycles. The molecule has 8 nitrogen and oxygen atoms in total. The molecule has 110 valence electrons. The van der Waals surface area contributed by atoms with Crippen molar-refractivity contribution >= 4 is 21.9 Å². The van der Waals surface area contributed by atoms with E-state index in [2.05, 4.69) is 4.74 Å². The third kappa shape index (κ3) is 3.68. The molecule has 1 rings (SSSR count). The van der Waals surface area contributed by atoms with Gasteiger partial charge in [0.15, 0.2) is 0 Å². The van der Waals surface area contributed by atoms with Crippen LogP contribution in [0.2, 0.25) is 0 Å². The van der Waals surface area contributed by atoms with Crippen LogP contribution in [-0.4, -0.2) is 41.1 Å². The number of benzene rings is 1. The average molecular weight is 302 g/mol. The molecule has 0 fully saturated rings. The molecule has 0 radical (unpaired) electrons. The van der Waals surface area contributed by atoms with Crippen LogP contribution in [-0.2, 0) is 19.6 Å². The van der Waals surface area contributed by atoms with Crippen LogP contribution in [0.4, 0.5) is 0 Å². The molecule has 9 heteroatoms. The Morgan fingerprint density at radius 1 is 1.30 bits per heavy atom. The van der Waals surface area contributed by atoms with Crippen molar-refractivity contribution in [3.63, 3.8) is 0 Å². The van der Waals surface area contributed by atoms with Gasteiger partial charge in [0, 0.05) is 0 Å². The van der Waals surface area contributed by atoms with Gasteiger partial charge in [0.2, 0.25) is 10.0 Å². The molecule has 0 aromatic heterocycles. The monoisotopic (exact) mass is 302 g/mol. The minimum atomic E-state index is -3.96. The summed E-state index contributed by atoms with van der Waals surface area (Å²) < 4.78 is 35.1. The minimum Gasteiger partial charge on any atom is -0.496 e. The number of sulfonamides is 1. The predicted molar refractivity (Wildman–Crippen MR) is 68.7 cm³/mol. The predicted octanol–water partition coefficient (Wildman–Crippen LogP) is -0.755. The highest BCUT2D eigenvalue weighted by Gasteiger charge is 2.19. The van der Waals surface area contributed by atoms with Gasteiger partial charge in [-0.05, 0) is 18.2 Å². The highest BCUT2D eigenvalue weighted by molar-refractivity contribution is 7.89. The summed E-state index contributed by atoms with van der Waals surface area (Å²) in [5.41, 5.74) is 5.06. The normalized spacial score (nSPS) is 10.9. The number of hydrogen-bond donors (Lipinski definition) is 2. The molecular weight excluding hydrogens is 288 g/mol. The number of carbonyl (C=O) groups is 2. The first-order valence-corrected chi connectivity index (χ1v) is 6.84. The molecule has 0 spiro atoms. The molecule has 1 aromatic rings. The Balaban J connectivity index is 3.10. The van der Waals surface area contributed by atoms with Gasteiger partial charge in [-0.3, -0.25) is 9.59 Å². The lowest BCUT2D eigenvalue weighted by atomic mass is 10.2. The van der Waals surface area contributed by atoms with Crippen molar-refractivity contribution in [3.8, 4) is 5.75 Å². The number of primary amides is 1. The first kappa shape index (κ1) is 15.9. The van der Waals surface area contributed by atoms with Crippen molar-refractivity contribution in [2.24, 2.45) is 5.73 Å². The first-order chi connectivity index (χ1) is 9.31. The lowest BCUT2D eigenvalue weighted by Crippen LogP contribution is -2.30. The van der Waals surface area contributed by atoms with Crippen LogP contribution < -0.4 is 15.2 Å². The van der Waals surface area contributed by atoms with Gasteiger partial charge in [-0.25, -0.2) is 8.42 Å². The minimum absolute atomic E-state index is 0.0755. The van der Waals surface area contributed by atoms with Crippen molar-refractivity contribution in [1.29, 1.82) is 0 Å². The summed E-state index contributed by atoms with van der Waals surface area (Å²) >= 11 is 0. The van der Waals surface area contributed by atoms with Crippen molar-refractivity contribution in [1.82, 2.24) is 4.72 Å². The summed E-state index contributed by atoms with van der Waals surface area (Å²) in [7, 11) is -1.50. The quantitative estimate of drug-likeness (QED) is 0.666. The van der Waals surface area contributed by atoms with Gasteiger partial charge in [0.25, 0.3) is 5.91 Å². The second kappa shape index (κ2) is 6.35. The van der Waals surface area contributed by atoms with Gasteiger partial charge >= 0.3 is 5.97 Å². The zero-order valence-electron chi connectivity index (χ0n) is 10.9. The Morgan fingerprint density at radius 2 is 1.95 bits per heavy atom. The smallest absolute Gasteiger partial charge is 0.320 e. The summed E-state index contributed by atoms with van der Waals surface area (Å²) in [5.74, 6) is -1.41. The average Bonchev–Trinajstić information content (AvgIpc) is 2.43. The van der Waals surface area contributed by atoms with E-state index >= 15 is 0 Å². The fourth-order valence-electron chi connectivity index (χ4n) is 1.36. The van der Waals surface area contributed by atoms with E-state index in [-0.39, 0.29) is 16.2 Å². The van der Waals surface area contributed by atoms with Gasteiger partial charge in [-0.15, -0.1) is 0 Å². The fourth-order valence-corrected chi connectivity index (χ4v) is 2.35. The zero-order valence-corrected chi connectivity index (χ0v) is 11.7. The molecule has 20 heavy (non-hydrogen) atoms. The topological polar surface area (TPSA) is 125 Å². The van der Waals surface area contributed by atoms with Crippen LogP contribution in [0.1, 0.15) is 10.4 Å². The van der Waals surface area contributed by atoms with E-state index in [1.54, 1.807) is 0 Å². The van der Waals surface area contributed by atoms with E-state index in [1.807, 2.05) is 4.72 Å². The van der Waals surface area contributed by atoms with Crippen molar-refractivity contribution in [2.75, 3.05) is 20.8 Å². The molecule has 1 aromatic carbocycles. The molecular formula is C11H14N2O6S. The second-order valence-corrected chi connectivity index (χ2v) is 5.39. The number of amides is 1. The molecule has 1 amide bonds. The lowest BCUT2D eigenvalue weighted by Gasteiger charge is -2.09. The van der Waals surface area contributed by atoms with Gasteiger partial charge in [-0.1, -0.05) is 0 Å². The summed E-state index contributed by atoms with van der Waals surface area (Å²) in [6.45, 7) is -0.517. The highest BCUT2D eigenvalue weighted by Crippen LogP contribution is 2.21. The molecule has 0 aliphatic rings. The summed E-state index contributed by atoms with van der Waals surface area (Å²) in [6.07, 6.45) is 0. The van der Waals surface area contributed by atoms with E-state index < -0.39 is 28.4 Å². The summed E-state index contributed by atoms with van der Waals surface area (Å²) in [4.78, 5) is 21.9. The Morgan fingerprint density at radius 3 is 2.45 bits per heavy atom. The lowest BCUT2D eigenvalue weighted by molar-refractivity contribution is -0.139. The first-order valence-electron chi connectivity index (χ1n) is 5.36. The Hall–Kier alpha value is -2.13. The summed E-state index contributed by atoms with van der Waals surface area (Å²) in [5, 5.41) is 0. The maximum absolute atomic E-state index is 11.9. The third-order valence-corrected chi connectivity index (χ3v) is 3.78. The fraction of sp³-hybridized carbons (Fsp3) is 0.273. The van der Waals surface area contributed by atoms with Crippen molar-refractivity contribution in [3.05, 3.63) is 23.8 Å². The van der Waals surface area contributed by atoms with E-state index in [4.69, 9.17) is 10.5 Å². The van der Waals surface area contributed by atoms with E-state index in [0.29, 0.717) is 0 Å². The van der Waals surface area contributed by atoms with Gasteiger partial charge in [0.1, 0.15) is 12.3 Å². The maximum Gasteiger partial charge on any atom is 0.320 e. The third-order valence-electron chi connectivity index (χ3n) is 2.38. The number of ether oxygens (including phenoxy) is 2. The molecule has 0 bridgehead atoms. The van der Waals surface area contributed by atoms with Crippen molar-refractivity contribution in [2.45, 2.75) is 4.90 Å². The second-order valence-electron chi connectivity index (χ2n) is 3.63. The number of nitrogens with one attached hydrogen (secondary N) is 1. The van der Waals surface area contributed by atoms with Crippen LogP contribution in [0.3, 0.4) is 0 Å². The number of rotatable bonds is 6. The van der Waals surface area contributed by atoms with Crippen LogP contribution in [0.5, 0.6) is 5.75 Å². The Labute approximate surface area is 115 Å². The molecule has 0 heterocycles. The van der Waals surface area contributed by atoms with E-state index in [1.165, 1.54) is 19.2 Å². The molecule has 0 aliphatic carbocycles. The summed E-state index contributed by atoms with van der Waals surface area (Å²) in [6, 6.07) is 3.60. The van der Waals surface area contributed by atoms with Gasteiger partial charge in [-0.2, -0.15) is 4.72 Å². The number of carbonyl (C=O) groups excluding carboxylic acids is 2. The van der Waals surface area contributed by atoms with Gasteiger partial charge < -0.3 is 15.2 Å². The van der Waals surface area contributed by atoms with E-state index in [0.717, 1.165) is 13.2 Å². The molecule has 0 atom stereocenters. The van der Waals surface area contributed by atoms with Crippen LogP contribution >= 0.6 is 0 Å². The Bertz CT molecular complexity index is 626. The number of esters is 1. The number of hydrogen-bond acceptors (Lipinski definition) is 6. The molecule has 0 unspecified atom stereocenters. The maximum atomic E-state index is 11.9. The van der Waals surface area contributed by atoms with Crippen LogP contribution in [0.15, 0.2) is 23.1 Å². The van der Waals surface area contributed by atoms with Crippen LogP contribution in [0.25, 0.3) is 0 Å². The molecule has 3 N–H and O–H groups in total. The molecule has 0 aliphatic heterocycles. The zero-order chi connectivity index (χ0) is 15.3. The van der Waals surface area contributed by atoms with Crippen LogP contribution in [0, 0.1) is 0 Å². The largest absolute Gasteiger partial charge is 0.496 e. The molecule has 0 saturated carbocycles. The number of nitrogens with two attached hydrogens (primary N) is 1. The Kier molecular flexibility index (Phi) is 5.06.